The van der Waals surface area contributed by atoms with Crippen molar-refractivity contribution < 1.29 is 18.7 Å². The molecule has 0 saturated carbocycles. The van der Waals surface area contributed by atoms with Gasteiger partial charge in [-0.1, -0.05) is 41.6 Å². The first-order valence-electron chi connectivity index (χ1n) is 10.3. The number of carbonyl (C=O) groups is 1. The Hall–Kier alpha value is -3.72. The number of ether oxygens (including phenoxy) is 2. The summed E-state index contributed by atoms with van der Waals surface area (Å²) in [6, 6.07) is 18.8. The molecule has 1 amide bonds. The Balaban J connectivity index is 1.45. The minimum Gasteiger partial charge on any atom is -0.495 e. The van der Waals surface area contributed by atoms with Gasteiger partial charge in [-0.3, -0.25) is 9.36 Å². The highest BCUT2D eigenvalue weighted by molar-refractivity contribution is 7.99. The van der Waals surface area contributed by atoms with E-state index in [2.05, 4.69) is 15.5 Å². The number of carbonyl (C=O) groups excluding carboxylic acids is 1. The first kappa shape index (κ1) is 22.5. The maximum atomic E-state index is 12.5. The molecule has 9 heteroatoms. The van der Waals surface area contributed by atoms with Crippen LogP contribution >= 0.6 is 11.8 Å². The number of furan rings is 1. The zero-order valence-corrected chi connectivity index (χ0v) is 19.2. The summed E-state index contributed by atoms with van der Waals surface area (Å²) in [6.45, 7) is 2.70. The summed E-state index contributed by atoms with van der Waals surface area (Å²) >= 11 is 1.29. The Morgan fingerprint density at radius 3 is 2.67 bits per heavy atom. The van der Waals surface area contributed by atoms with E-state index in [9.17, 15) is 4.79 Å². The van der Waals surface area contributed by atoms with Gasteiger partial charge in [0.05, 0.1) is 31.4 Å². The van der Waals surface area contributed by atoms with E-state index in [4.69, 9.17) is 13.9 Å². The molecule has 0 fully saturated rings. The maximum absolute atomic E-state index is 12.5. The smallest absolute Gasteiger partial charge is 0.234 e. The molecule has 0 aliphatic carbocycles. The number of amides is 1. The van der Waals surface area contributed by atoms with Gasteiger partial charge < -0.3 is 19.2 Å². The Bertz CT molecular complexity index is 1190. The van der Waals surface area contributed by atoms with Crippen LogP contribution in [-0.4, -0.2) is 33.5 Å². The average Bonchev–Trinajstić information content (AvgIpc) is 3.48. The van der Waals surface area contributed by atoms with Crippen LogP contribution in [0.5, 0.6) is 11.5 Å². The Kier molecular flexibility index (Phi) is 7.31. The predicted octanol–water partition coefficient (Wildman–Crippen LogP) is 4.55. The predicted molar refractivity (Wildman–Crippen MR) is 126 cm³/mol. The molecule has 0 aliphatic rings. The third kappa shape index (κ3) is 5.95. The van der Waals surface area contributed by atoms with E-state index in [0.717, 1.165) is 17.1 Å². The summed E-state index contributed by atoms with van der Waals surface area (Å²) in [5.74, 6) is 2.74. The Morgan fingerprint density at radius 2 is 1.91 bits per heavy atom. The number of anilines is 1. The van der Waals surface area contributed by atoms with Crippen LogP contribution in [-0.2, 0) is 17.9 Å². The number of para-hydroxylation sites is 2. The molecule has 0 spiro atoms. The van der Waals surface area contributed by atoms with Crippen molar-refractivity contribution in [1.29, 1.82) is 0 Å². The molecule has 2 heterocycles. The maximum Gasteiger partial charge on any atom is 0.234 e. The highest BCUT2D eigenvalue weighted by Gasteiger charge is 2.17. The zero-order valence-electron chi connectivity index (χ0n) is 18.4. The second-order valence-corrected chi connectivity index (χ2v) is 8.15. The number of thioether (sulfide) groups is 1. The van der Waals surface area contributed by atoms with Crippen LogP contribution in [0, 0.1) is 6.92 Å². The molecule has 2 aromatic carbocycles. The summed E-state index contributed by atoms with van der Waals surface area (Å²) in [6.07, 6.45) is 1.62. The fourth-order valence-electron chi connectivity index (χ4n) is 3.10. The number of hydrogen-bond acceptors (Lipinski definition) is 7. The van der Waals surface area contributed by atoms with Gasteiger partial charge in [0, 0.05) is 0 Å². The average molecular weight is 465 g/mol. The fraction of sp³-hybridized carbons (Fsp3) is 0.208. The molecule has 0 saturated heterocycles. The molecule has 170 valence electrons. The molecule has 0 aliphatic heterocycles. The van der Waals surface area contributed by atoms with Crippen LogP contribution in [0.4, 0.5) is 5.69 Å². The second kappa shape index (κ2) is 10.7. The number of hydrogen-bond donors (Lipinski definition) is 1. The lowest BCUT2D eigenvalue weighted by atomic mass is 10.2. The molecule has 0 unspecified atom stereocenters. The summed E-state index contributed by atoms with van der Waals surface area (Å²) in [5, 5.41) is 12.0. The second-order valence-electron chi connectivity index (χ2n) is 7.20. The minimum atomic E-state index is -0.172. The van der Waals surface area contributed by atoms with Crippen LogP contribution in [0.25, 0.3) is 0 Å². The summed E-state index contributed by atoms with van der Waals surface area (Å²) in [5.41, 5.74) is 1.78. The third-order valence-electron chi connectivity index (χ3n) is 4.79. The van der Waals surface area contributed by atoms with E-state index >= 15 is 0 Å². The monoisotopic (exact) mass is 464 g/mol. The number of aryl methyl sites for hydroxylation is 1. The standard InChI is InChI=1S/C24H24N4O4S/c1-17-9-11-18(12-10-17)32-15-22-26-27-24(28(22)14-19-6-5-13-31-19)33-16-23(29)25-20-7-3-4-8-21(20)30-2/h3-13H,14-16H2,1-2H3,(H,25,29). The molecule has 0 bridgehead atoms. The van der Waals surface area contributed by atoms with Crippen LogP contribution < -0.4 is 14.8 Å². The SMILES string of the molecule is COc1ccccc1NC(=O)CSc1nnc(COc2ccc(C)cc2)n1Cc1ccco1. The van der Waals surface area contributed by atoms with Crippen molar-refractivity contribution >= 4 is 23.4 Å². The number of methoxy groups -OCH3 is 1. The van der Waals surface area contributed by atoms with Gasteiger partial charge in [-0.2, -0.15) is 0 Å². The van der Waals surface area contributed by atoms with Gasteiger partial charge in [0.25, 0.3) is 0 Å². The first-order chi connectivity index (χ1) is 16.1. The van der Waals surface area contributed by atoms with Crippen molar-refractivity contribution in [2.24, 2.45) is 0 Å². The van der Waals surface area contributed by atoms with Crippen molar-refractivity contribution in [3.63, 3.8) is 0 Å². The summed E-state index contributed by atoms with van der Waals surface area (Å²) in [4.78, 5) is 12.5. The highest BCUT2D eigenvalue weighted by Crippen LogP contribution is 2.25. The lowest BCUT2D eigenvalue weighted by molar-refractivity contribution is -0.113. The number of rotatable bonds is 10. The fourth-order valence-corrected chi connectivity index (χ4v) is 3.85. The van der Waals surface area contributed by atoms with Crippen molar-refractivity contribution in [3.8, 4) is 11.5 Å². The number of nitrogens with one attached hydrogen (secondary N) is 1. The summed E-state index contributed by atoms with van der Waals surface area (Å²) < 4.78 is 18.6. The Morgan fingerprint density at radius 1 is 1.09 bits per heavy atom. The van der Waals surface area contributed by atoms with E-state index < -0.39 is 0 Å². The molecule has 0 radical (unpaired) electrons. The van der Waals surface area contributed by atoms with E-state index in [1.54, 1.807) is 25.5 Å². The van der Waals surface area contributed by atoms with Gasteiger partial charge in [-0.15, -0.1) is 10.2 Å². The van der Waals surface area contributed by atoms with Gasteiger partial charge in [-0.25, -0.2) is 0 Å². The van der Waals surface area contributed by atoms with Crippen molar-refractivity contribution in [2.45, 2.75) is 25.2 Å². The third-order valence-corrected chi connectivity index (χ3v) is 5.76. The molecule has 4 rings (SSSR count). The van der Waals surface area contributed by atoms with Gasteiger partial charge in [-0.05, 0) is 43.3 Å². The molecule has 8 nitrogen and oxygen atoms in total. The van der Waals surface area contributed by atoms with Crippen molar-refractivity contribution in [3.05, 3.63) is 84.1 Å². The van der Waals surface area contributed by atoms with E-state index in [1.165, 1.54) is 11.8 Å². The quantitative estimate of drug-likeness (QED) is 0.344. The van der Waals surface area contributed by atoms with Gasteiger partial charge in [0.1, 0.15) is 23.9 Å². The lowest BCUT2D eigenvalue weighted by Crippen LogP contribution is -2.15. The van der Waals surface area contributed by atoms with Gasteiger partial charge in [0.2, 0.25) is 5.91 Å². The highest BCUT2D eigenvalue weighted by atomic mass is 32.2. The van der Waals surface area contributed by atoms with Crippen LogP contribution in [0.15, 0.2) is 76.5 Å². The normalized spacial score (nSPS) is 10.7. The van der Waals surface area contributed by atoms with Crippen LogP contribution in [0.1, 0.15) is 17.1 Å². The topological polar surface area (TPSA) is 91.4 Å². The van der Waals surface area contributed by atoms with Gasteiger partial charge >= 0.3 is 0 Å². The largest absolute Gasteiger partial charge is 0.495 e. The van der Waals surface area contributed by atoms with E-state index in [1.807, 2.05) is 60.0 Å². The molecular weight excluding hydrogens is 440 g/mol. The lowest BCUT2D eigenvalue weighted by Gasteiger charge is -2.11. The van der Waals surface area contributed by atoms with E-state index in [0.29, 0.717) is 29.0 Å². The molecule has 1 N–H and O–H groups in total. The van der Waals surface area contributed by atoms with E-state index in [-0.39, 0.29) is 18.3 Å². The van der Waals surface area contributed by atoms with Crippen LogP contribution in [0.3, 0.4) is 0 Å². The number of nitrogens with zero attached hydrogens (tertiary/aromatic N) is 3. The van der Waals surface area contributed by atoms with Crippen molar-refractivity contribution in [1.82, 2.24) is 14.8 Å². The molecule has 0 atom stereocenters. The number of benzene rings is 2. The minimum absolute atomic E-state index is 0.160. The van der Waals surface area contributed by atoms with Crippen molar-refractivity contribution in [2.75, 3.05) is 18.2 Å². The zero-order chi connectivity index (χ0) is 23.0. The summed E-state index contributed by atoms with van der Waals surface area (Å²) in [7, 11) is 1.57. The molecule has 4 aromatic rings. The van der Waals surface area contributed by atoms with Crippen LogP contribution in [0.2, 0.25) is 0 Å². The molecule has 2 aromatic heterocycles. The number of aromatic nitrogens is 3. The first-order valence-corrected chi connectivity index (χ1v) is 11.3. The Labute approximate surface area is 195 Å². The molecular formula is C24H24N4O4S. The molecule has 33 heavy (non-hydrogen) atoms. The van der Waals surface area contributed by atoms with Gasteiger partial charge in [0.15, 0.2) is 11.0 Å².